The van der Waals surface area contributed by atoms with E-state index in [1.807, 2.05) is 6.92 Å². The summed E-state index contributed by atoms with van der Waals surface area (Å²) in [7, 11) is 0. The van der Waals surface area contributed by atoms with Gasteiger partial charge in [0.05, 0.1) is 12.0 Å². The Bertz CT molecular complexity index is 942. The Morgan fingerprint density at radius 2 is 1.81 bits per heavy atom. The van der Waals surface area contributed by atoms with Crippen molar-refractivity contribution in [3.8, 4) is 0 Å². The number of piperidine rings is 1. The van der Waals surface area contributed by atoms with Crippen LogP contribution in [0.1, 0.15) is 76.9 Å². The lowest BCUT2D eigenvalue weighted by atomic mass is 9.79. The van der Waals surface area contributed by atoms with Gasteiger partial charge in [-0.2, -0.15) is 4.98 Å². The molecule has 1 N–H and O–H groups in total. The van der Waals surface area contributed by atoms with Crippen LogP contribution in [-0.2, 0) is 5.41 Å². The molecule has 2 saturated carbocycles. The van der Waals surface area contributed by atoms with Crippen molar-refractivity contribution < 1.29 is 22.5 Å². The molecule has 0 unspecified atom stereocenters. The number of halogens is 3. The number of hydrogen-bond acceptors (Lipinski definition) is 6. The van der Waals surface area contributed by atoms with E-state index < -0.39 is 29.6 Å². The average Bonchev–Trinajstić information content (AvgIpc) is 3.37. The summed E-state index contributed by atoms with van der Waals surface area (Å²) in [5.41, 5.74) is -0.394. The molecule has 208 valence electrons. The van der Waals surface area contributed by atoms with Crippen molar-refractivity contribution in [1.29, 1.82) is 0 Å². The predicted octanol–water partition coefficient (Wildman–Crippen LogP) is 3.79. The maximum Gasteiger partial charge on any atom is 0.317 e. The number of nitrogens with one attached hydrogen (secondary N) is 1. The van der Waals surface area contributed by atoms with Crippen molar-refractivity contribution in [3.05, 3.63) is 11.7 Å². The molecule has 2 aliphatic heterocycles. The number of nitrogens with zero attached hydrogens (tertiary/aromatic N) is 5. The second kappa shape index (κ2) is 10.4. The molecule has 4 aliphatic rings. The lowest BCUT2D eigenvalue weighted by Crippen LogP contribution is -2.60. The van der Waals surface area contributed by atoms with Gasteiger partial charge in [-0.3, -0.25) is 4.90 Å². The van der Waals surface area contributed by atoms with E-state index in [9.17, 15) is 9.18 Å². The van der Waals surface area contributed by atoms with Crippen molar-refractivity contribution in [2.75, 3.05) is 45.8 Å². The zero-order chi connectivity index (χ0) is 26.4. The number of rotatable bonds is 6. The standard InChI is InChI=1S/C26H41F3N6O2/c1-17(2)34-13-11-33(12-14-34)16-18-5-4-6-26(28,29)21(18)30-24(36)35-9-7-25(3,8-10-35)23-31-22(37-32-23)19-15-20(19)27/h17-21H,4-16H2,1-3H3,(H,30,36)/t18-,19-,20+,21-/m1/s1. The third-order valence-electron chi connectivity index (χ3n) is 9.09. The molecule has 5 rings (SSSR count). The smallest absolute Gasteiger partial charge is 0.317 e. The second-order valence-electron chi connectivity index (χ2n) is 12.1. The summed E-state index contributed by atoms with van der Waals surface area (Å²) in [5, 5.41) is 6.84. The number of amides is 2. The van der Waals surface area contributed by atoms with Crippen LogP contribution in [0.15, 0.2) is 4.52 Å². The number of carbonyl (C=O) groups is 1. The topological polar surface area (TPSA) is 77.7 Å². The van der Waals surface area contributed by atoms with Gasteiger partial charge in [-0.05, 0) is 51.9 Å². The molecule has 0 aromatic carbocycles. The van der Waals surface area contributed by atoms with E-state index in [4.69, 9.17) is 4.52 Å². The lowest BCUT2D eigenvalue weighted by Gasteiger charge is -2.44. The summed E-state index contributed by atoms with van der Waals surface area (Å²) in [6.07, 6.45) is 1.69. The molecule has 4 fully saturated rings. The van der Waals surface area contributed by atoms with Gasteiger partial charge in [0.2, 0.25) is 5.89 Å². The zero-order valence-corrected chi connectivity index (χ0v) is 22.3. The number of carbonyl (C=O) groups excluding carboxylic acids is 1. The van der Waals surface area contributed by atoms with Crippen molar-refractivity contribution in [1.82, 2.24) is 30.2 Å². The van der Waals surface area contributed by atoms with Gasteiger partial charge in [0.25, 0.3) is 5.92 Å². The van der Waals surface area contributed by atoms with Gasteiger partial charge in [0, 0.05) is 63.7 Å². The molecule has 0 bridgehead atoms. The largest absolute Gasteiger partial charge is 0.339 e. The van der Waals surface area contributed by atoms with Crippen LogP contribution >= 0.6 is 0 Å². The highest BCUT2D eigenvalue weighted by atomic mass is 19.3. The molecule has 11 heteroatoms. The van der Waals surface area contributed by atoms with E-state index in [2.05, 4.69) is 39.1 Å². The fourth-order valence-corrected chi connectivity index (χ4v) is 6.18. The maximum atomic E-state index is 15.1. The van der Waals surface area contributed by atoms with Crippen LogP contribution in [0.5, 0.6) is 0 Å². The maximum absolute atomic E-state index is 15.1. The van der Waals surface area contributed by atoms with Gasteiger partial charge in [0.1, 0.15) is 6.17 Å². The molecule has 8 nitrogen and oxygen atoms in total. The molecule has 4 atom stereocenters. The summed E-state index contributed by atoms with van der Waals surface area (Å²) >= 11 is 0. The first-order valence-electron chi connectivity index (χ1n) is 13.9. The van der Waals surface area contributed by atoms with Crippen LogP contribution in [0.3, 0.4) is 0 Å². The van der Waals surface area contributed by atoms with Gasteiger partial charge >= 0.3 is 6.03 Å². The van der Waals surface area contributed by atoms with E-state index >= 15 is 8.78 Å². The Morgan fingerprint density at radius 3 is 2.43 bits per heavy atom. The van der Waals surface area contributed by atoms with Crippen LogP contribution in [0, 0.1) is 5.92 Å². The Hall–Kier alpha value is -1.88. The van der Waals surface area contributed by atoms with Gasteiger partial charge in [-0.1, -0.05) is 12.1 Å². The third-order valence-corrected chi connectivity index (χ3v) is 9.09. The lowest BCUT2D eigenvalue weighted by molar-refractivity contribution is -0.0875. The monoisotopic (exact) mass is 526 g/mol. The van der Waals surface area contributed by atoms with Crippen molar-refractivity contribution in [2.45, 2.75) is 94.8 Å². The summed E-state index contributed by atoms with van der Waals surface area (Å²) in [6, 6.07) is -1.09. The van der Waals surface area contributed by atoms with Crippen molar-refractivity contribution in [3.63, 3.8) is 0 Å². The van der Waals surface area contributed by atoms with Crippen LogP contribution in [0.25, 0.3) is 0 Å². The van der Waals surface area contributed by atoms with Crippen LogP contribution in [0.4, 0.5) is 18.0 Å². The molecule has 2 amide bonds. The van der Waals surface area contributed by atoms with E-state index in [1.54, 1.807) is 4.90 Å². The number of piperazine rings is 1. The molecule has 37 heavy (non-hydrogen) atoms. The van der Waals surface area contributed by atoms with Crippen molar-refractivity contribution >= 4 is 6.03 Å². The van der Waals surface area contributed by atoms with E-state index in [-0.39, 0.29) is 18.3 Å². The first-order chi connectivity index (χ1) is 17.6. The predicted molar refractivity (Wildman–Crippen MR) is 132 cm³/mol. The number of alkyl halides is 3. The summed E-state index contributed by atoms with van der Waals surface area (Å²) in [6.45, 7) is 11.4. The van der Waals surface area contributed by atoms with Crippen LogP contribution in [0.2, 0.25) is 0 Å². The van der Waals surface area contributed by atoms with E-state index in [1.165, 1.54) is 0 Å². The van der Waals surface area contributed by atoms with E-state index in [0.29, 0.717) is 69.5 Å². The highest BCUT2D eigenvalue weighted by molar-refractivity contribution is 5.75. The van der Waals surface area contributed by atoms with Gasteiger partial charge in [-0.15, -0.1) is 0 Å². The quantitative estimate of drug-likeness (QED) is 0.608. The summed E-state index contributed by atoms with van der Waals surface area (Å²) in [5.74, 6) is -2.59. The minimum atomic E-state index is -2.92. The Balaban J connectivity index is 1.17. The molecule has 0 radical (unpaired) electrons. The summed E-state index contributed by atoms with van der Waals surface area (Å²) in [4.78, 5) is 23.9. The number of hydrogen-bond donors (Lipinski definition) is 1. The van der Waals surface area contributed by atoms with Crippen molar-refractivity contribution in [2.24, 2.45) is 5.92 Å². The van der Waals surface area contributed by atoms with Crippen LogP contribution < -0.4 is 5.32 Å². The van der Waals surface area contributed by atoms with Crippen LogP contribution in [-0.4, -0.2) is 101 Å². The van der Waals surface area contributed by atoms with Gasteiger partial charge in [-0.25, -0.2) is 18.0 Å². The molecule has 1 aromatic rings. The highest BCUT2D eigenvalue weighted by Crippen LogP contribution is 2.44. The molecule has 0 spiro atoms. The number of aromatic nitrogens is 2. The van der Waals surface area contributed by atoms with Gasteiger partial charge < -0.3 is 19.6 Å². The number of urea groups is 1. The second-order valence-corrected chi connectivity index (χ2v) is 12.1. The Labute approximate surface area is 217 Å². The molecule has 1 aromatic heterocycles. The fourth-order valence-electron chi connectivity index (χ4n) is 6.18. The molecular formula is C26H41F3N6O2. The minimum Gasteiger partial charge on any atom is -0.339 e. The molecule has 3 heterocycles. The molecule has 2 saturated heterocycles. The van der Waals surface area contributed by atoms with Gasteiger partial charge in [0.15, 0.2) is 5.82 Å². The average molecular weight is 527 g/mol. The van der Waals surface area contributed by atoms with E-state index in [0.717, 1.165) is 26.2 Å². The SMILES string of the molecule is CC(C)N1CCN(C[C@H]2CCCC(F)(F)[C@@H]2NC(=O)N2CCC(C)(c3noc([C@@H]4C[C@@H]4F)n3)CC2)CC1. The zero-order valence-electron chi connectivity index (χ0n) is 22.3. The first kappa shape index (κ1) is 26.7. The third kappa shape index (κ3) is 5.77. The molecule has 2 aliphatic carbocycles. The first-order valence-corrected chi connectivity index (χ1v) is 13.9. The summed E-state index contributed by atoms with van der Waals surface area (Å²) < 4.78 is 48.8. The minimum absolute atomic E-state index is 0.186. The normalized spacial score (nSPS) is 32.5. The highest BCUT2D eigenvalue weighted by Gasteiger charge is 2.49. The fraction of sp³-hybridized carbons (Fsp3) is 0.885. The Kier molecular flexibility index (Phi) is 7.48. The Morgan fingerprint density at radius 1 is 1.14 bits per heavy atom. The number of likely N-dealkylation sites (tertiary alicyclic amines) is 1. The molecular weight excluding hydrogens is 485 g/mol.